The molecular formula is C12H28GeOSi. The molecule has 0 aromatic carbocycles. The number of aliphatic hydroxyl groups excluding tert-OH is 1. The maximum absolute atomic E-state index is 8.82. The normalized spacial score (nSPS) is 14.5. The Morgan fingerprint density at radius 2 is 1.67 bits per heavy atom. The molecule has 15 heavy (non-hydrogen) atoms. The number of hydrogen-bond acceptors (Lipinski definition) is 1. The second-order valence-corrected chi connectivity index (χ2v) is 22.3. The summed E-state index contributed by atoms with van der Waals surface area (Å²) in [5, 5.41) is 8.82. The van der Waals surface area contributed by atoms with E-state index in [9.17, 15) is 0 Å². The molecule has 0 aromatic heterocycles. The predicted molar refractivity (Wildman–Crippen MR) is 75.7 cm³/mol. The van der Waals surface area contributed by atoms with E-state index < -0.39 is 21.3 Å². The molecule has 0 amide bonds. The Kier molecular flexibility index (Phi) is 6.45. The molecule has 90 valence electrons. The Labute approximate surface area is 99.3 Å². The van der Waals surface area contributed by atoms with Gasteiger partial charge in [0.15, 0.2) is 0 Å². The van der Waals surface area contributed by atoms with Crippen LogP contribution in [0.1, 0.15) is 19.3 Å². The summed E-state index contributed by atoms with van der Waals surface area (Å²) in [6, 6.07) is 0. The van der Waals surface area contributed by atoms with E-state index in [0.29, 0.717) is 6.61 Å². The van der Waals surface area contributed by atoms with Gasteiger partial charge in [-0.15, -0.1) is 0 Å². The number of aliphatic hydroxyl groups is 1. The van der Waals surface area contributed by atoms with E-state index in [0.717, 1.165) is 12.8 Å². The Hall–Kier alpha value is 0.460. The van der Waals surface area contributed by atoms with E-state index in [1.807, 2.05) is 0 Å². The summed E-state index contributed by atoms with van der Waals surface area (Å²) in [6.45, 7) is 7.57. The third kappa shape index (κ3) is 8.29. The fraction of sp³-hybridized carbons (Fsp3) is 0.833. The molecular weight excluding hydrogens is 261 g/mol. The van der Waals surface area contributed by atoms with Gasteiger partial charge in [0.2, 0.25) is 0 Å². The van der Waals surface area contributed by atoms with Crippen LogP contribution in [0.25, 0.3) is 0 Å². The van der Waals surface area contributed by atoms with E-state index in [-0.39, 0.29) is 0 Å². The first kappa shape index (κ1) is 15.5. The number of hydrogen-bond donors (Lipinski definition) is 1. The van der Waals surface area contributed by atoms with Crippen molar-refractivity contribution in [2.75, 3.05) is 6.61 Å². The van der Waals surface area contributed by atoms with Gasteiger partial charge in [0.05, 0.1) is 0 Å². The Morgan fingerprint density at radius 3 is 2.00 bits per heavy atom. The monoisotopic (exact) mass is 290 g/mol. The van der Waals surface area contributed by atoms with Crippen LogP contribution >= 0.6 is 0 Å². The van der Waals surface area contributed by atoms with Crippen molar-refractivity contribution < 1.29 is 5.11 Å². The first-order valence-electron chi connectivity index (χ1n) is 6.00. The van der Waals surface area contributed by atoms with E-state index >= 15 is 0 Å². The first-order valence-corrected chi connectivity index (χ1v) is 16.9. The van der Waals surface area contributed by atoms with Crippen LogP contribution in [0.3, 0.4) is 0 Å². The molecule has 0 heterocycles. The average molecular weight is 289 g/mol. The molecule has 0 radical (unpaired) electrons. The molecule has 0 atom stereocenters. The maximum atomic E-state index is 8.82. The number of unbranched alkanes of at least 4 members (excludes halogenated alkanes) is 1. The standard InChI is InChI=1S/C12H28GeOSi/c1-13(2,3)12(9-7-8-10-14)11-15(4,5)6/h11,14H,7-10H2,1-6H3/b12-11+. The van der Waals surface area contributed by atoms with Crippen LogP contribution in [-0.4, -0.2) is 33.1 Å². The quantitative estimate of drug-likeness (QED) is 0.582. The van der Waals surface area contributed by atoms with Crippen LogP contribution in [0, 0.1) is 0 Å². The molecule has 3 heteroatoms. The Balaban J connectivity index is 4.54. The summed E-state index contributed by atoms with van der Waals surface area (Å²) >= 11 is -1.63. The molecule has 0 bridgehead atoms. The molecule has 0 unspecified atom stereocenters. The molecule has 0 saturated carbocycles. The summed E-state index contributed by atoms with van der Waals surface area (Å²) in [5.74, 6) is 7.43. The summed E-state index contributed by atoms with van der Waals surface area (Å²) in [5.41, 5.74) is 2.62. The van der Waals surface area contributed by atoms with Gasteiger partial charge >= 0.3 is 99.3 Å². The predicted octanol–water partition coefficient (Wildman–Crippen LogP) is 3.83. The van der Waals surface area contributed by atoms with Gasteiger partial charge in [-0.1, -0.05) is 0 Å². The fourth-order valence-electron chi connectivity index (χ4n) is 1.61. The van der Waals surface area contributed by atoms with E-state index in [2.05, 4.69) is 42.6 Å². The topological polar surface area (TPSA) is 20.2 Å². The van der Waals surface area contributed by atoms with Crippen LogP contribution in [-0.2, 0) is 0 Å². The third-order valence-corrected chi connectivity index (χ3v) is 9.11. The van der Waals surface area contributed by atoms with Crippen LogP contribution in [0.5, 0.6) is 0 Å². The van der Waals surface area contributed by atoms with Gasteiger partial charge in [-0.05, 0) is 0 Å². The van der Waals surface area contributed by atoms with Crippen molar-refractivity contribution in [1.82, 2.24) is 0 Å². The Morgan fingerprint density at radius 1 is 1.13 bits per heavy atom. The first-order chi connectivity index (χ1) is 6.67. The van der Waals surface area contributed by atoms with Gasteiger partial charge in [-0.25, -0.2) is 0 Å². The van der Waals surface area contributed by atoms with E-state index in [4.69, 9.17) is 5.11 Å². The zero-order valence-electron chi connectivity index (χ0n) is 11.4. The summed E-state index contributed by atoms with van der Waals surface area (Å²) in [6.07, 6.45) is 3.35. The second kappa shape index (κ2) is 6.26. The van der Waals surface area contributed by atoms with Gasteiger partial charge in [-0.3, -0.25) is 0 Å². The summed E-state index contributed by atoms with van der Waals surface area (Å²) < 4.78 is 1.77. The minimum atomic E-state index is -1.63. The third-order valence-electron chi connectivity index (χ3n) is 2.42. The molecule has 1 N–H and O–H groups in total. The molecule has 0 aromatic rings. The molecule has 0 aliphatic carbocycles. The fourth-order valence-corrected chi connectivity index (χ4v) is 10.6. The molecule has 0 aliphatic rings. The molecule has 0 rings (SSSR count). The van der Waals surface area contributed by atoms with E-state index in [1.165, 1.54) is 6.42 Å². The van der Waals surface area contributed by atoms with Gasteiger partial charge in [-0.2, -0.15) is 0 Å². The van der Waals surface area contributed by atoms with Gasteiger partial charge in [0.25, 0.3) is 0 Å². The van der Waals surface area contributed by atoms with Crippen molar-refractivity contribution in [3.8, 4) is 0 Å². The SMILES string of the molecule is C[Si](C)(C)/C=[C](\CCCCO)[Ge]([CH3])([CH3])[CH3]. The average Bonchev–Trinajstić information content (AvgIpc) is 1.99. The molecule has 0 fully saturated rings. The van der Waals surface area contributed by atoms with Crippen molar-refractivity contribution in [3.05, 3.63) is 10.1 Å². The zero-order valence-corrected chi connectivity index (χ0v) is 14.5. The minimum absolute atomic E-state index is 0.345. The van der Waals surface area contributed by atoms with Gasteiger partial charge in [0.1, 0.15) is 0 Å². The molecule has 0 aliphatic heterocycles. The van der Waals surface area contributed by atoms with Crippen LogP contribution in [0.15, 0.2) is 10.1 Å². The van der Waals surface area contributed by atoms with Gasteiger partial charge < -0.3 is 0 Å². The van der Waals surface area contributed by atoms with Crippen molar-refractivity contribution in [2.24, 2.45) is 0 Å². The van der Waals surface area contributed by atoms with Crippen LogP contribution in [0.2, 0.25) is 36.9 Å². The van der Waals surface area contributed by atoms with E-state index in [1.54, 1.807) is 4.41 Å². The van der Waals surface area contributed by atoms with Crippen molar-refractivity contribution in [2.45, 2.75) is 56.2 Å². The molecule has 0 spiro atoms. The second-order valence-electron chi connectivity index (χ2n) is 6.47. The summed E-state index contributed by atoms with van der Waals surface area (Å²) in [7, 11) is -1.07. The van der Waals surface area contributed by atoms with Crippen molar-refractivity contribution >= 4 is 21.3 Å². The summed E-state index contributed by atoms with van der Waals surface area (Å²) in [4.78, 5) is 0. The van der Waals surface area contributed by atoms with Crippen LogP contribution < -0.4 is 0 Å². The van der Waals surface area contributed by atoms with Crippen molar-refractivity contribution in [3.63, 3.8) is 0 Å². The van der Waals surface area contributed by atoms with Gasteiger partial charge in [0, 0.05) is 0 Å². The zero-order chi connectivity index (χ0) is 12.1. The Bertz CT molecular complexity index is 211. The van der Waals surface area contributed by atoms with Crippen molar-refractivity contribution in [1.29, 1.82) is 0 Å². The number of rotatable bonds is 6. The molecule has 0 saturated heterocycles. The molecule has 1 nitrogen and oxygen atoms in total. The number of allylic oxidation sites excluding steroid dienone is 1. The van der Waals surface area contributed by atoms with Crippen LogP contribution in [0.4, 0.5) is 0 Å².